The van der Waals surface area contributed by atoms with Crippen molar-refractivity contribution in [1.29, 1.82) is 0 Å². The van der Waals surface area contributed by atoms with Gasteiger partial charge in [0.1, 0.15) is 13.2 Å². The molecular weight excluding hydrogens is 793 g/mol. The Bertz CT molecular complexity index is 978. The van der Waals surface area contributed by atoms with Crippen LogP contribution in [0.1, 0.15) is 324 Å². The number of hydrogen-bond acceptors (Lipinski definition) is 6. The molecule has 0 amide bonds. The van der Waals surface area contributed by atoms with Gasteiger partial charge in [0.2, 0.25) is 0 Å². The maximum atomic E-state index is 12.8. The predicted octanol–water partition coefficient (Wildman–Crippen LogP) is 18.9. The lowest BCUT2D eigenvalue weighted by Crippen LogP contribution is -2.30. The van der Waals surface area contributed by atoms with Crippen LogP contribution in [0.3, 0.4) is 0 Å². The van der Waals surface area contributed by atoms with E-state index < -0.39 is 6.10 Å². The van der Waals surface area contributed by atoms with Gasteiger partial charge >= 0.3 is 17.9 Å². The second kappa shape index (κ2) is 50.8. The predicted molar refractivity (Wildman–Crippen MR) is 275 cm³/mol. The van der Waals surface area contributed by atoms with E-state index in [1.54, 1.807) is 0 Å². The molecule has 0 bridgehead atoms. The summed E-state index contributed by atoms with van der Waals surface area (Å²) in [5, 5.41) is 0. The van der Waals surface area contributed by atoms with Gasteiger partial charge < -0.3 is 14.2 Å². The van der Waals surface area contributed by atoms with E-state index in [9.17, 15) is 14.4 Å². The molecule has 6 nitrogen and oxygen atoms in total. The maximum Gasteiger partial charge on any atom is 0.306 e. The number of hydrogen-bond donors (Lipinski definition) is 0. The summed E-state index contributed by atoms with van der Waals surface area (Å²) in [4.78, 5) is 38.1. The molecule has 0 aromatic heterocycles. The molecule has 0 aromatic rings. The molecule has 0 aliphatic heterocycles. The van der Waals surface area contributed by atoms with Crippen LogP contribution in [0.15, 0.2) is 0 Å². The zero-order chi connectivity index (χ0) is 46.8. The molecule has 6 heteroatoms. The van der Waals surface area contributed by atoms with Crippen molar-refractivity contribution < 1.29 is 28.6 Å². The van der Waals surface area contributed by atoms with Crippen molar-refractivity contribution in [2.24, 2.45) is 11.8 Å². The number of rotatable bonds is 52. The molecule has 0 radical (unpaired) electrons. The third kappa shape index (κ3) is 51.4. The summed E-state index contributed by atoms with van der Waals surface area (Å²) in [6, 6.07) is 0. The normalized spacial score (nSPS) is 12.0. The third-order valence-electron chi connectivity index (χ3n) is 13.2. The molecule has 1 atom stereocenters. The Morgan fingerprint density at radius 2 is 0.516 bits per heavy atom. The highest BCUT2D eigenvalue weighted by atomic mass is 16.6. The third-order valence-corrected chi connectivity index (χ3v) is 13.2. The number of carbonyl (C=O) groups is 3. The summed E-state index contributed by atoms with van der Waals surface area (Å²) in [7, 11) is 0. The van der Waals surface area contributed by atoms with E-state index in [0.29, 0.717) is 19.3 Å². The fraction of sp³-hybridized carbons (Fsp3) is 0.948. The molecule has 380 valence electrons. The Kier molecular flexibility index (Phi) is 49.6. The zero-order valence-electron chi connectivity index (χ0n) is 43.9. The van der Waals surface area contributed by atoms with E-state index >= 15 is 0 Å². The first-order chi connectivity index (χ1) is 31.2. The van der Waals surface area contributed by atoms with Crippen molar-refractivity contribution >= 4 is 17.9 Å². The molecule has 0 spiro atoms. The summed E-state index contributed by atoms with van der Waals surface area (Å²) < 4.78 is 16.9. The molecular formula is C58H112O6. The van der Waals surface area contributed by atoms with Crippen molar-refractivity contribution in [3.8, 4) is 0 Å². The average molecular weight is 906 g/mol. The van der Waals surface area contributed by atoms with Crippen LogP contribution >= 0.6 is 0 Å². The lowest BCUT2D eigenvalue weighted by molar-refractivity contribution is -0.167. The van der Waals surface area contributed by atoms with Gasteiger partial charge in [-0.3, -0.25) is 14.4 Å². The molecule has 0 aromatic carbocycles. The molecule has 0 fully saturated rings. The fourth-order valence-corrected chi connectivity index (χ4v) is 8.87. The highest BCUT2D eigenvalue weighted by Crippen LogP contribution is 2.18. The van der Waals surface area contributed by atoms with Crippen LogP contribution in [0.5, 0.6) is 0 Å². The van der Waals surface area contributed by atoms with Gasteiger partial charge in [0, 0.05) is 19.3 Å². The lowest BCUT2D eigenvalue weighted by atomic mass is 10.0. The van der Waals surface area contributed by atoms with Gasteiger partial charge in [-0.25, -0.2) is 0 Å². The average Bonchev–Trinajstić information content (AvgIpc) is 3.27. The van der Waals surface area contributed by atoms with Gasteiger partial charge in [-0.05, 0) is 31.1 Å². The van der Waals surface area contributed by atoms with E-state index in [1.165, 1.54) is 212 Å². The van der Waals surface area contributed by atoms with Crippen LogP contribution in [0.25, 0.3) is 0 Å². The molecule has 0 N–H and O–H groups in total. The van der Waals surface area contributed by atoms with E-state index in [1.807, 2.05) is 0 Å². The summed E-state index contributed by atoms with van der Waals surface area (Å²) in [5.74, 6) is 0.829. The molecule has 0 heterocycles. The Morgan fingerprint density at radius 3 is 0.766 bits per heavy atom. The Balaban J connectivity index is 4.26. The van der Waals surface area contributed by atoms with Crippen LogP contribution in [-0.2, 0) is 28.6 Å². The first-order valence-electron chi connectivity index (χ1n) is 28.7. The van der Waals surface area contributed by atoms with E-state index in [2.05, 4.69) is 34.6 Å². The van der Waals surface area contributed by atoms with Gasteiger partial charge in [-0.1, -0.05) is 285 Å². The number of ether oxygens (including phenoxy) is 3. The van der Waals surface area contributed by atoms with E-state index in [-0.39, 0.29) is 31.1 Å². The van der Waals surface area contributed by atoms with Crippen LogP contribution in [0.2, 0.25) is 0 Å². The summed E-state index contributed by atoms with van der Waals surface area (Å²) >= 11 is 0. The van der Waals surface area contributed by atoms with Crippen LogP contribution in [0, 0.1) is 11.8 Å². The number of unbranched alkanes of at least 4 members (excludes halogenated alkanes) is 37. The minimum atomic E-state index is -0.762. The van der Waals surface area contributed by atoms with E-state index in [4.69, 9.17) is 14.2 Å². The molecule has 64 heavy (non-hydrogen) atoms. The van der Waals surface area contributed by atoms with Crippen LogP contribution in [0.4, 0.5) is 0 Å². The second-order valence-corrected chi connectivity index (χ2v) is 20.9. The van der Waals surface area contributed by atoms with Crippen LogP contribution in [-0.4, -0.2) is 37.2 Å². The quantitative estimate of drug-likeness (QED) is 0.0344. The monoisotopic (exact) mass is 905 g/mol. The topological polar surface area (TPSA) is 78.9 Å². The minimum absolute atomic E-state index is 0.0629. The van der Waals surface area contributed by atoms with Gasteiger partial charge in [0.15, 0.2) is 6.10 Å². The number of carbonyl (C=O) groups excluding carboxylic acids is 3. The smallest absolute Gasteiger partial charge is 0.306 e. The Hall–Kier alpha value is -1.59. The molecule has 0 rings (SSSR count). The number of esters is 3. The standard InChI is InChI=1S/C58H112O6/c1-6-7-8-9-10-11-12-13-19-22-28-33-38-43-48-56(59)62-51-55(64-58(61)50-45-40-35-30-25-24-27-32-37-42-47-54(4)5)52-63-57(60)49-44-39-34-29-23-20-17-15-14-16-18-21-26-31-36-41-46-53(2)3/h53-55H,6-52H2,1-5H3/t55-/m0/s1. The maximum absolute atomic E-state index is 12.8. The van der Waals surface area contributed by atoms with Crippen molar-refractivity contribution in [3.05, 3.63) is 0 Å². The molecule has 0 saturated carbocycles. The Labute approximate surface area is 399 Å². The van der Waals surface area contributed by atoms with Crippen molar-refractivity contribution in [2.75, 3.05) is 13.2 Å². The van der Waals surface area contributed by atoms with Gasteiger partial charge in [-0.2, -0.15) is 0 Å². The van der Waals surface area contributed by atoms with E-state index in [0.717, 1.165) is 69.6 Å². The SMILES string of the molecule is CCCCCCCCCCCCCCCCC(=O)OC[C@@H](COC(=O)CCCCCCCCCCCCCCCCCCC(C)C)OC(=O)CCCCCCCCCCCCC(C)C. The van der Waals surface area contributed by atoms with Crippen molar-refractivity contribution in [1.82, 2.24) is 0 Å². The fourth-order valence-electron chi connectivity index (χ4n) is 8.87. The highest BCUT2D eigenvalue weighted by molar-refractivity contribution is 5.71. The molecule has 0 aliphatic rings. The molecule has 0 unspecified atom stereocenters. The van der Waals surface area contributed by atoms with Crippen molar-refractivity contribution in [3.63, 3.8) is 0 Å². The second-order valence-electron chi connectivity index (χ2n) is 20.9. The first-order valence-corrected chi connectivity index (χ1v) is 28.7. The van der Waals surface area contributed by atoms with Gasteiger partial charge in [-0.15, -0.1) is 0 Å². The summed E-state index contributed by atoms with van der Waals surface area (Å²) in [5.41, 5.74) is 0. The lowest BCUT2D eigenvalue weighted by Gasteiger charge is -2.18. The summed E-state index contributed by atoms with van der Waals surface area (Å²) in [6.07, 6.45) is 53.8. The largest absolute Gasteiger partial charge is 0.462 e. The highest BCUT2D eigenvalue weighted by Gasteiger charge is 2.19. The minimum Gasteiger partial charge on any atom is -0.462 e. The molecule has 0 aliphatic carbocycles. The zero-order valence-corrected chi connectivity index (χ0v) is 43.9. The van der Waals surface area contributed by atoms with Gasteiger partial charge in [0.05, 0.1) is 0 Å². The molecule has 0 saturated heterocycles. The summed E-state index contributed by atoms with van der Waals surface area (Å²) in [6.45, 7) is 11.4. The van der Waals surface area contributed by atoms with Crippen LogP contribution < -0.4 is 0 Å². The van der Waals surface area contributed by atoms with Crippen molar-refractivity contribution in [2.45, 2.75) is 330 Å². The van der Waals surface area contributed by atoms with Gasteiger partial charge in [0.25, 0.3) is 0 Å². The first kappa shape index (κ1) is 62.4. The Morgan fingerprint density at radius 1 is 0.297 bits per heavy atom.